The van der Waals surface area contributed by atoms with Crippen LogP contribution < -0.4 is 9.80 Å². The molecule has 1 atom stereocenters. The van der Waals surface area contributed by atoms with E-state index in [9.17, 15) is 9.59 Å². The molecule has 2 amide bonds. The minimum Gasteiger partial charge on any atom is -0.368 e. The highest BCUT2D eigenvalue weighted by molar-refractivity contribution is 6.30. The summed E-state index contributed by atoms with van der Waals surface area (Å²) in [5, 5.41) is 8.89. The van der Waals surface area contributed by atoms with Crippen molar-refractivity contribution in [1.82, 2.24) is 15.1 Å². The van der Waals surface area contributed by atoms with Crippen LogP contribution in [0.15, 0.2) is 48.5 Å². The number of H-pyrrole nitrogens is 1. The molecule has 3 heterocycles. The van der Waals surface area contributed by atoms with Crippen LogP contribution in [0.25, 0.3) is 10.9 Å². The van der Waals surface area contributed by atoms with Gasteiger partial charge in [0.05, 0.1) is 11.4 Å². The molecular formula is C22H22ClN5O2. The molecule has 5 rings (SSSR count). The second kappa shape index (κ2) is 7.65. The number of anilines is 2. The molecule has 7 nitrogen and oxygen atoms in total. The predicted molar refractivity (Wildman–Crippen MR) is 117 cm³/mol. The molecule has 0 radical (unpaired) electrons. The topological polar surface area (TPSA) is 72.5 Å². The third kappa shape index (κ3) is 3.39. The first-order valence-corrected chi connectivity index (χ1v) is 10.5. The van der Waals surface area contributed by atoms with Gasteiger partial charge < -0.3 is 9.80 Å². The van der Waals surface area contributed by atoms with Crippen LogP contribution in [0, 0.1) is 5.92 Å². The lowest BCUT2D eigenvalue weighted by atomic mass is 10.1. The van der Waals surface area contributed by atoms with Crippen LogP contribution in [-0.2, 0) is 9.59 Å². The van der Waals surface area contributed by atoms with Crippen LogP contribution >= 0.6 is 11.6 Å². The van der Waals surface area contributed by atoms with Gasteiger partial charge in [-0.05, 0) is 30.3 Å². The minimum atomic E-state index is -0.328. The monoisotopic (exact) mass is 423 g/mol. The van der Waals surface area contributed by atoms with Crippen molar-refractivity contribution in [1.29, 1.82) is 0 Å². The van der Waals surface area contributed by atoms with Crippen molar-refractivity contribution in [3.8, 4) is 0 Å². The Bertz CT molecular complexity index is 1110. The summed E-state index contributed by atoms with van der Waals surface area (Å²) in [4.78, 5) is 31.5. The Morgan fingerprint density at radius 2 is 1.87 bits per heavy atom. The van der Waals surface area contributed by atoms with E-state index in [1.165, 1.54) is 0 Å². The molecule has 1 aromatic heterocycles. The van der Waals surface area contributed by atoms with Gasteiger partial charge in [-0.25, -0.2) is 0 Å². The van der Waals surface area contributed by atoms with E-state index in [4.69, 9.17) is 11.6 Å². The highest BCUT2D eigenvalue weighted by atomic mass is 35.5. The van der Waals surface area contributed by atoms with Gasteiger partial charge in [-0.3, -0.25) is 19.6 Å². The number of amides is 2. The normalized spacial score (nSPS) is 19.7. The number of para-hydroxylation sites is 1. The number of nitrogens with one attached hydrogen (secondary N) is 1. The molecule has 2 aromatic carbocycles. The van der Waals surface area contributed by atoms with E-state index in [1.807, 2.05) is 53.4 Å². The molecule has 0 aliphatic carbocycles. The summed E-state index contributed by atoms with van der Waals surface area (Å²) in [6.07, 6.45) is 0.231. The first-order valence-electron chi connectivity index (χ1n) is 10.1. The number of hydrogen-bond donors (Lipinski definition) is 1. The van der Waals surface area contributed by atoms with Gasteiger partial charge in [0.25, 0.3) is 0 Å². The smallest absolute Gasteiger partial charge is 0.229 e. The number of carbonyl (C=O) groups excluding carboxylic acids is 2. The third-order valence-electron chi connectivity index (χ3n) is 5.94. The first kappa shape index (κ1) is 18.9. The van der Waals surface area contributed by atoms with E-state index in [2.05, 4.69) is 15.1 Å². The van der Waals surface area contributed by atoms with Gasteiger partial charge in [0.1, 0.15) is 0 Å². The van der Waals surface area contributed by atoms with Crippen molar-refractivity contribution in [2.45, 2.75) is 6.42 Å². The van der Waals surface area contributed by atoms with Crippen molar-refractivity contribution in [2.24, 2.45) is 5.92 Å². The molecule has 1 N–H and O–H groups in total. The number of piperazine rings is 1. The molecule has 0 saturated carbocycles. The number of hydrogen-bond acceptors (Lipinski definition) is 4. The minimum absolute atomic E-state index is 0.0523. The quantitative estimate of drug-likeness (QED) is 0.703. The molecule has 8 heteroatoms. The van der Waals surface area contributed by atoms with Crippen LogP contribution in [0.2, 0.25) is 5.02 Å². The Hall–Kier alpha value is -3.06. The Morgan fingerprint density at radius 1 is 1.07 bits per heavy atom. The zero-order chi connectivity index (χ0) is 20.7. The second-order valence-electron chi connectivity index (χ2n) is 7.79. The summed E-state index contributed by atoms with van der Waals surface area (Å²) in [6.45, 7) is 3.16. The second-order valence-corrected chi connectivity index (χ2v) is 8.23. The Balaban J connectivity index is 1.25. The van der Waals surface area contributed by atoms with Crippen LogP contribution in [0.5, 0.6) is 0 Å². The summed E-state index contributed by atoms with van der Waals surface area (Å²) in [7, 11) is 0. The van der Waals surface area contributed by atoms with E-state index < -0.39 is 0 Å². The van der Waals surface area contributed by atoms with Gasteiger partial charge in [0.15, 0.2) is 5.82 Å². The Labute approximate surface area is 179 Å². The fourth-order valence-corrected chi connectivity index (χ4v) is 4.53. The number of aromatic nitrogens is 2. The fraction of sp³-hybridized carbons (Fsp3) is 0.318. The largest absolute Gasteiger partial charge is 0.368 e. The highest BCUT2D eigenvalue weighted by Crippen LogP contribution is 2.30. The van der Waals surface area contributed by atoms with Crippen molar-refractivity contribution in [2.75, 3.05) is 42.5 Å². The van der Waals surface area contributed by atoms with Crippen LogP contribution in [0.1, 0.15) is 6.42 Å². The van der Waals surface area contributed by atoms with Gasteiger partial charge in [-0.2, -0.15) is 5.10 Å². The summed E-state index contributed by atoms with van der Waals surface area (Å²) in [5.74, 6) is 0.280. The van der Waals surface area contributed by atoms with Crippen LogP contribution in [-0.4, -0.2) is 59.6 Å². The van der Waals surface area contributed by atoms with Crippen molar-refractivity contribution < 1.29 is 9.59 Å². The lowest BCUT2D eigenvalue weighted by Gasteiger charge is -2.37. The number of aromatic amines is 1. The highest BCUT2D eigenvalue weighted by Gasteiger charge is 2.39. The standard InChI is InChI=1S/C22H22ClN5O2/c23-16-4-3-5-17(13-16)26-8-10-27(11-9-26)22(30)15-12-20(29)28(14-15)21-18-6-1-2-7-19(18)24-25-21/h1-7,13,15H,8-12,14H2,(H,24,25). The molecule has 2 fully saturated rings. The molecule has 0 bridgehead atoms. The van der Waals surface area contributed by atoms with E-state index in [-0.39, 0.29) is 24.2 Å². The lowest BCUT2D eigenvalue weighted by molar-refractivity contribution is -0.136. The van der Waals surface area contributed by atoms with Gasteiger partial charge >= 0.3 is 0 Å². The average molecular weight is 424 g/mol. The average Bonchev–Trinajstić information content (AvgIpc) is 3.36. The van der Waals surface area contributed by atoms with Gasteiger partial charge in [0.2, 0.25) is 11.8 Å². The van der Waals surface area contributed by atoms with E-state index in [0.717, 1.165) is 29.7 Å². The number of carbonyl (C=O) groups is 2. The van der Waals surface area contributed by atoms with E-state index >= 15 is 0 Å². The zero-order valence-corrected chi connectivity index (χ0v) is 17.2. The molecule has 0 spiro atoms. The van der Waals surface area contributed by atoms with Crippen LogP contribution in [0.4, 0.5) is 11.5 Å². The Morgan fingerprint density at radius 3 is 2.67 bits per heavy atom. The Kier molecular flexibility index (Phi) is 4.83. The molecule has 3 aromatic rings. The van der Waals surface area contributed by atoms with Gasteiger partial charge in [-0.1, -0.05) is 29.8 Å². The first-order chi connectivity index (χ1) is 14.6. The molecule has 30 heavy (non-hydrogen) atoms. The molecular weight excluding hydrogens is 402 g/mol. The maximum atomic E-state index is 13.1. The van der Waals surface area contributed by atoms with Gasteiger partial charge in [0, 0.05) is 55.2 Å². The predicted octanol–water partition coefficient (Wildman–Crippen LogP) is 2.92. The SMILES string of the molecule is O=C(C1CC(=O)N(c2n[nH]c3ccccc23)C1)N1CCN(c2cccc(Cl)c2)CC1. The molecule has 2 saturated heterocycles. The zero-order valence-electron chi connectivity index (χ0n) is 16.4. The number of halogens is 1. The molecule has 1 unspecified atom stereocenters. The summed E-state index contributed by atoms with van der Waals surface area (Å²) in [6, 6.07) is 15.5. The summed E-state index contributed by atoms with van der Waals surface area (Å²) in [5.41, 5.74) is 1.95. The molecule has 2 aliphatic heterocycles. The molecule has 2 aliphatic rings. The van der Waals surface area contributed by atoms with Crippen LogP contribution in [0.3, 0.4) is 0 Å². The van der Waals surface area contributed by atoms with E-state index in [0.29, 0.717) is 30.5 Å². The lowest BCUT2D eigenvalue weighted by Crippen LogP contribution is -2.50. The number of fused-ring (bicyclic) bond motifs is 1. The number of nitrogens with zero attached hydrogens (tertiary/aromatic N) is 4. The third-order valence-corrected chi connectivity index (χ3v) is 6.18. The van der Waals surface area contributed by atoms with Gasteiger partial charge in [-0.15, -0.1) is 0 Å². The molecule has 154 valence electrons. The summed E-state index contributed by atoms with van der Waals surface area (Å²) >= 11 is 6.10. The number of benzene rings is 2. The maximum absolute atomic E-state index is 13.1. The maximum Gasteiger partial charge on any atom is 0.229 e. The van der Waals surface area contributed by atoms with Crippen molar-refractivity contribution in [3.63, 3.8) is 0 Å². The van der Waals surface area contributed by atoms with E-state index in [1.54, 1.807) is 4.90 Å². The van der Waals surface area contributed by atoms with Crippen molar-refractivity contribution >= 4 is 45.8 Å². The fourth-order valence-electron chi connectivity index (χ4n) is 4.35. The van der Waals surface area contributed by atoms with Crippen molar-refractivity contribution in [3.05, 3.63) is 53.6 Å². The summed E-state index contributed by atoms with van der Waals surface area (Å²) < 4.78 is 0. The number of rotatable bonds is 3.